The number of nitrogens with zero attached hydrogens (tertiary/aromatic N) is 2. The van der Waals surface area contributed by atoms with Crippen molar-refractivity contribution in [1.29, 1.82) is 0 Å². The van der Waals surface area contributed by atoms with Gasteiger partial charge in [-0.25, -0.2) is 8.78 Å². The van der Waals surface area contributed by atoms with Gasteiger partial charge in [0.25, 0.3) is 5.91 Å². The van der Waals surface area contributed by atoms with Crippen molar-refractivity contribution in [3.63, 3.8) is 0 Å². The minimum atomic E-state index is -1.02. The molecule has 24 heavy (non-hydrogen) atoms. The van der Waals surface area contributed by atoms with Crippen LogP contribution in [0.2, 0.25) is 0 Å². The van der Waals surface area contributed by atoms with Gasteiger partial charge in [-0.05, 0) is 51.3 Å². The lowest BCUT2D eigenvalue weighted by Crippen LogP contribution is -2.17. The van der Waals surface area contributed by atoms with E-state index in [0.29, 0.717) is 0 Å². The fourth-order valence-electron chi connectivity index (χ4n) is 2.06. The standard InChI is InChI=1S/C17H20F2N4O/c1-23(2)9-3-7-20-12-6-8-21-16(11-12)17(24)22-13-4-5-14(18)15(19)10-13/h4-6,8,10-11H,3,7,9H2,1-2H3,(H,20,21)(H,22,24). The van der Waals surface area contributed by atoms with Crippen LogP contribution in [-0.4, -0.2) is 43.0 Å². The number of nitrogens with one attached hydrogen (secondary N) is 2. The maximum absolute atomic E-state index is 13.2. The molecule has 7 heteroatoms. The number of hydrogen-bond acceptors (Lipinski definition) is 4. The number of carbonyl (C=O) groups excluding carboxylic acids is 1. The molecule has 0 bridgehead atoms. The summed E-state index contributed by atoms with van der Waals surface area (Å²) in [5.74, 6) is -2.47. The van der Waals surface area contributed by atoms with Crippen LogP contribution in [0.4, 0.5) is 20.2 Å². The van der Waals surface area contributed by atoms with Crippen LogP contribution < -0.4 is 10.6 Å². The van der Waals surface area contributed by atoms with Crippen LogP contribution in [0, 0.1) is 11.6 Å². The van der Waals surface area contributed by atoms with Gasteiger partial charge in [-0.2, -0.15) is 0 Å². The molecular formula is C17H20F2N4O. The molecule has 0 atom stereocenters. The Labute approximate surface area is 139 Å². The lowest BCUT2D eigenvalue weighted by atomic mass is 10.2. The van der Waals surface area contributed by atoms with E-state index in [1.165, 1.54) is 12.3 Å². The molecule has 0 radical (unpaired) electrons. The zero-order valence-corrected chi connectivity index (χ0v) is 13.6. The number of anilines is 2. The molecule has 0 aliphatic heterocycles. The Hall–Kier alpha value is -2.54. The summed E-state index contributed by atoms with van der Waals surface area (Å²) < 4.78 is 26.1. The Morgan fingerprint density at radius 1 is 1.12 bits per heavy atom. The second-order valence-electron chi connectivity index (χ2n) is 5.60. The lowest BCUT2D eigenvalue weighted by Gasteiger charge is -2.11. The molecule has 0 aliphatic rings. The van der Waals surface area contributed by atoms with Crippen LogP contribution in [0.15, 0.2) is 36.5 Å². The van der Waals surface area contributed by atoms with Gasteiger partial charge in [0.05, 0.1) is 0 Å². The summed E-state index contributed by atoms with van der Waals surface area (Å²) in [6, 6.07) is 6.56. The number of amides is 1. The van der Waals surface area contributed by atoms with Crippen molar-refractivity contribution >= 4 is 17.3 Å². The summed E-state index contributed by atoms with van der Waals surface area (Å²) in [5.41, 5.74) is 1.14. The third kappa shape index (κ3) is 5.27. The van der Waals surface area contributed by atoms with E-state index in [2.05, 4.69) is 20.5 Å². The highest BCUT2D eigenvalue weighted by Crippen LogP contribution is 2.15. The maximum atomic E-state index is 13.2. The van der Waals surface area contributed by atoms with Crippen LogP contribution in [-0.2, 0) is 0 Å². The Bertz CT molecular complexity index is 707. The summed E-state index contributed by atoms with van der Waals surface area (Å²) in [6.07, 6.45) is 2.49. The van der Waals surface area contributed by atoms with E-state index in [9.17, 15) is 13.6 Å². The molecule has 0 spiro atoms. The minimum absolute atomic E-state index is 0.171. The molecule has 0 aliphatic carbocycles. The van der Waals surface area contributed by atoms with E-state index in [0.717, 1.165) is 37.3 Å². The molecule has 128 valence electrons. The van der Waals surface area contributed by atoms with Gasteiger partial charge in [0.15, 0.2) is 11.6 Å². The fourth-order valence-corrected chi connectivity index (χ4v) is 2.06. The van der Waals surface area contributed by atoms with E-state index >= 15 is 0 Å². The second kappa shape index (κ2) is 8.35. The Morgan fingerprint density at radius 2 is 1.92 bits per heavy atom. The van der Waals surface area contributed by atoms with Crippen molar-refractivity contribution in [2.45, 2.75) is 6.42 Å². The van der Waals surface area contributed by atoms with Gasteiger partial charge in [0.2, 0.25) is 0 Å². The van der Waals surface area contributed by atoms with Crippen LogP contribution in [0.1, 0.15) is 16.9 Å². The average Bonchev–Trinajstić information content (AvgIpc) is 2.55. The number of benzene rings is 1. The predicted octanol–water partition coefficient (Wildman–Crippen LogP) is 2.98. The van der Waals surface area contributed by atoms with Crippen LogP contribution in [0.25, 0.3) is 0 Å². The van der Waals surface area contributed by atoms with E-state index in [1.54, 1.807) is 12.1 Å². The maximum Gasteiger partial charge on any atom is 0.274 e. The Morgan fingerprint density at radius 3 is 2.62 bits per heavy atom. The quantitative estimate of drug-likeness (QED) is 0.765. The fraction of sp³-hybridized carbons (Fsp3) is 0.294. The molecular weight excluding hydrogens is 314 g/mol. The average molecular weight is 334 g/mol. The summed E-state index contributed by atoms with van der Waals surface area (Å²) in [6.45, 7) is 1.73. The van der Waals surface area contributed by atoms with Crippen molar-refractivity contribution in [2.24, 2.45) is 0 Å². The van der Waals surface area contributed by atoms with Gasteiger partial charge in [-0.15, -0.1) is 0 Å². The van der Waals surface area contributed by atoms with Crippen LogP contribution in [0.5, 0.6) is 0 Å². The predicted molar refractivity (Wildman–Crippen MR) is 90.2 cm³/mol. The topological polar surface area (TPSA) is 57.3 Å². The van der Waals surface area contributed by atoms with E-state index in [-0.39, 0.29) is 11.4 Å². The molecule has 0 fully saturated rings. The van der Waals surface area contributed by atoms with E-state index in [1.807, 2.05) is 14.1 Å². The highest BCUT2D eigenvalue weighted by Gasteiger charge is 2.10. The summed E-state index contributed by atoms with van der Waals surface area (Å²) in [4.78, 5) is 18.3. The monoisotopic (exact) mass is 334 g/mol. The molecule has 1 amide bonds. The molecule has 1 aromatic carbocycles. The van der Waals surface area contributed by atoms with Crippen LogP contribution >= 0.6 is 0 Å². The van der Waals surface area contributed by atoms with E-state index in [4.69, 9.17) is 0 Å². The molecule has 2 aromatic rings. The molecule has 0 saturated carbocycles. The molecule has 2 rings (SSSR count). The molecule has 2 N–H and O–H groups in total. The van der Waals surface area contributed by atoms with E-state index < -0.39 is 17.5 Å². The third-order valence-corrected chi connectivity index (χ3v) is 3.28. The number of halogens is 2. The number of carbonyl (C=O) groups is 1. The number of rotatable bonds is 7. The molecule has 1 aromatic heterocycles. The third-order valence-electron chi connectivity index (χ3n) is 3.28. The van der Waals surface area contributed by atoms with Gasteiger partial charge >= 0.3 is 0 Å². The van der Waals surface area contributed by atoms with Crippen molar-refractivity contribution in [2.75, 3.05) is 37.8 Å². The second-order valence-corrected chi connectivity index (χ2v) is 5.60. The smallest absolute Gasteiger partial charge is 0.274 e. The zero-order valence-electron chi connectivity index (χ0n) is 13.6. The number of aromatic nitrogens is 1. The first-order chi connectivity index (χ1) is 11.5. The number of hydrogen-bond donors (Lipinski definition) is 2. The van der Waals surface area contributed by atoms with Crippen molar-refractivity contribution in [1.82, 2.24) is 9.88 Å². The first-order valence-electron chi connectivity index (χ1n) is 7.57. The lowest BCUT2D eigenvalue weighted by molar-refractivity contribution is 0.102. The van der Waals surface area contributed by atoms with Gasteiger partial charge in [-0.1, -0.05) is 0 Å². The molecule has 1 heterocycles. The zero-order chi connectivity index (χ0) is 17.5. The largest absolute Gasteiger partial charge is 0.385 e. The van der Waals surface area contributed by atoms with Gasteiger partial charge in [0, 0.05) is 30.2 Å². The Balaban J connectivity index is 1.96. The summed E-state index contributed by atoms with van der Waals surface area (Å²) >= 11 is 0. The normalized spacial score (nSPS) is 10.7. The van der Waals surface area contributed by atoms with Crippen molar-refractivity contribution < 1.29 is 13.6 Å². The van der Waals surface area contributed by atoms with Gasteiger partial charge in [-0.3, -0.25) is 9.78 Å². The SMILES string of the molecule is CN(C)CCCNc1ccnc(C(=O)Nc2ccc(F)c(F)c2)c1. The number of pyridine rings is 1. The van der Waals surface area contributed by atoms with Crippen LogP contribution in [0.3, 0.4) is 0 Å². The van der Waals surface area contributed by atoms with Gasteiger partial charge < -0.3 is 15.5 Å². The van der Waals surface area contributed by atoms with Crippen molar-refractivity contribution in [3.8, 4) is 0 Å². The molecule has 0 saturated heterocycles. The Kier molecular flexibility index (Phi) is 6.20. The highest BCUT2D eigenvalue weighted by molar-refractivity contribution is 6.03. The van der Waals surface area contributed by atoms with Gasteiger partial charge in [0.1, 0.15) is 5.69 Å². The summed E-state index contributed by atoms with van der Waals surface area (Å²) in [7, 11) is 4.01. The highest BCUT2D eigenvalue weighted by atomic mass is 19.2. The first-order valence-corrected chi connectivity index (χ1v) is 7.57. The summed E-state index contributed by atoms with van der Waals surface area (Å²) in [5, 5.41) is 5.71. The molecule has 0 unspecified atom stereocenters. The first kappa shape index (κ1) is 17.8. The van der Waals surface area contributed by atoms with Crippen molar-refractivity contribution in [3.05, 3.63) is 53.9 Å². The molecule has 5 nitrogen and oxygen atoms in total. The minimum Gasteiger partial charge on any atom is -0.385 e.